The number of hydrogen-bond acceptors (Lipinski definition) is 1. The number of fused-ring (bicyclic) bond motifs is 1. The van der Waals surface area contributed by atoms with Gasteiger partial charge in [-0.3, -0.25) is 0 Å². The maximum absolute atomic E-state index is 5.64. The first-order valence-corrected chi connectivity index (χ1v) is 6.37. The summed E-state index contributed by atoms with van der Waals surface area (Å²) < 4.78 is 5.64. The van der Waals surface area contributed by atoms with Crippen LogP contribution in [-0.2, 0) is 4.74 Å². The summed E-state index contributed by atoms with van der Waals surface area (Å²) >= 11 is 0. The van der Waals surface area contributed by atoms with Crippen molar-refractivity contribution in [3.63, 3.8) is 0 Å². The van der Waals surface area contributed by atoms with Crippen molar-refractivity contribution < 1.29 is 4.74 Å². The fourth-order valence-corrected chi connectivity index (χ4v) is 2.36. The van der Waals surface area contributed by atoms with Crippen LogP contribution in [0.2, 0.25) is 0 Å². The third-order valence-electron chi connectivity index (χ3n) is 3.30. The second kappa shape index (κ2) is 5.25. The Bertz CT molecular complexity index is 673. The molecule has 0 N–H and O–H groups in total. The molecule has 0 aliphatic heterocycles. The van der Waals surface area contributed by atoms with E-state index in [0.717, 1.165) is 16.5 Å². The van der Waals surface area contributed by atoms with Gasteiger partial charge in [-0.15, -0.1) is 0 Å². The van der Waals surface area contributed by atoms with Crippen LogP contribution in [-0.4, -0.2) is 7.11 Å². The number of ether oxygens (including phenoxy) is 1. The van der Waals surface area contributed by atoms with E-state index in [-0.39, 0.29) is 6.10 Å². The lowest BCUT2D eigenvalue weighted by atomic mass is 9.98. The lowest BCUT2D eigenvalue weighted by Crippen LogP contribution is -2.03. The number of hydrogen-bond donors (Lipinski definition) is 0. The molecule has 0 fully saturated rings. The summed E-state index contributed by atoms with van der Waals surface area (Å²) in [6, 6.07) is 26.1. The van der Waals surface area contributed by atoms with Gasteiger partial charge in [0.15, 0.2) is 0 Å². The molecule has 1 nitrogen and oxygen atoms in total. The smallest absolute Gasteiger partial charge is 0.108 e. The summed E-state index contributed by atoms with van der Waals surface area (Å²) in [6.07, 6.45) is -0.0641. The van der Waals surface area contributed by atoms with Crippen molar-refractivity contribution in [3.8, 4) is 0 Å². The molecule has 0 aliphatic carbocycles. The molecule has 1 unspecified atom stereocenters. The standard InChI is InChI=1S/C18H15O/c1-19-18(15-8-3-2-4-9-15)17-12-11-14-7-5-6-10-16(14)13-17/h2-12,18H,1H3. The van der Waals surface area contributed by atoms with Crippen molar-refractivity contribution in [2.75, 3.05) is 7.11 Å². The average Bonchev–Trinajstić information content (AvgIpc) is 2.49. The van der Waals surface area contributed by atoms with E-state index in [4.69, 9.17) is 4.74 Å². The third kappa shape index (κ3) is 2.38. The second-order valence-electron chi connectivity index (χ2n) is 4.53. The number of methoxy groups -OCH3 is 1. The Labute approximate surface area is 113 Å². The highest BCUT2D eigenvalue weighted by atomic mass is 16.5. The molecular formula is C18H15O. The van der Waals surface area contributed by atoms with Crippen LogP contribution in [0.15, 0.2) is 66.7 Å². The van der Waals surface area contributed by atoms with Crippen molar-refractivity contribution >= 4 is 10.8 Å². The number of rotatable bonds is 3. The van der Waals surface area contributed by atoms with Crippen molar-refractivity contribution in [1.82, 2.24) is 0 Å². The molecule has 0 amide bonds. The van der Waals surface area contributed by atoms with Gasteiger partial charge in [-0.25, -0.2) is 0 Å². The minimum atomic E-state index is -0.0641. The Morgan fingerprint density at radius 2 is 1.58 bits per heavy atom. The van der Waals surface area contributed by atoms with Crippen LogP contribution >= 0.6 is 0 Å². The zero-order valence-electron chi connectivity index (χ0n) is 10.8. The molecule has 3 rings (SSSR count). The van der Waals surface area contributed by atoms with E-state index in [1.807, 2.05) is 30.3 Å². The molecule has 0 bridgehead atoms. The van der Waals surface area contributed by atoms with Crippen molar-refractivity contribution in [1.29, 1.82) is 0 Å². The van der Waals surface area contributed by atoms with Crippen LogP contribution in [0, 0.1) is 6.07 Å². The van der Waals surface area contributed by atoms with E-state index in [0.29, 0.717) is 0 Å². The van der Waals surface area contributed by atoms with Crippen LogP contribution in [0.3, 0.4) is 0 Å². The largest absolute Gasteiger partial charge is 0.372 e. The van der Waals surface area contributed by atoms with Crippen molar-refractivity contribution in [3.05, 3.63) is 83.9 Å². The molecular weight excluding hydrogens is 232 g/mol. The summed E-state index contributed by atoms with van der Waals surface area (Å²) in [6.45, 7) is 0. The van der Waals surface area contributed by atoms with Crippen LogP contribution in [0.1, 0.15) is 17.2 Å². The van der Waals surface area contributed by atoms with Crippen molar-refractivity contribution in [2.24, 2.45) is 0 Å². The van der Waals surface area contributed by atoms with Gasteiger partial charge in [0.05, 0.1) is 0 Å². The normalized spacial score (nSPS) is 12.5. The molecule has 1 atom stereocenters. The maximum atomic E-state index is 5.64. The van der Waals surface area contributed by atoms with E-state index in [1.54, 1.807) is 7.11 Å². The molecule has 1 radical (unpaired) electrons. The quantitative estimate of drug-likeness (QED) is 0.667. The summed E-state index contributed by atoms with van der Waals surface area (Å²) in [5.41, 5.74) is 2.21. The second-order valence-corrected chi connectivity index (χ2v) is 4.53. The van der Waals surface area contributed by atoms with E-state index in [9.17, 15) is 0 Å². The molecule has 3 aromatic carbocycles. The SMILES string of the molecule is COC(c1[c]c2ccccc2cc1)c1ccccc1. The lowest BCUT2D eigenvalue weighted by Gasteiger charge is -2.16. The summed E-state index contributed by atoms with van der Waals surface area (Å²) in [7, 11) is 1.74. The highest BCUT2D eigenvalue weighted by molar-refractivity contribution is 5.82. The lowest BCUT2D eigenvalue weighted by molar-refractivity contribution is 0.136. The highest BCUT2D eigenvalue weighted by Gasteiger charge is 2.13. The van der Waals surface area contributed by atoms with E-state index in [1.165, 1.54) is 5.39 Å². The Morgan fingerprint density at radius 3 is 2.37 bits per heavy atom. The molecule has 0 aliphatic rings. The first-order valence-electron chi connectivity index (χ1n) is 6.37. The predicted molar refractivity (Wildman–Crippen MR) is 78.1 cm³/mol. The third-order valence-corrected chi connectivity index (χ3v) is 3.30. The fourth-order valence-electron chi connectivity index (χ4n) is 2.36. The Balaban J connectivity index is 2.06. The van der Waals surface area contributed by atoms with Crippen LogP contribution < -0.4 is 0 Å². The van der Waals surface area contributed by atoms with Crippen LogP contribution in [0.5, 0.6) is 0 Å². The zero-order chi connectivity index (χ0) is 13.1. The van der Waals surface area contributed by atoms with Gasteiger partial charge in [0.2, 0.25) is 0 Å². The first kappa shape index (κ1) is 11.9. The van der Waals surface area contributed by atoms with E-state index in [2.05, 4.69) is 42.5 Å². The summed E-state index contributed by atoms with van der Waals surface area (Å²) in [5, 5.41) is 2.33. The van der Waals surface area contributed by atoms with Gasteiger partial charge in [0.1, 0.15) is 6.10 Å². The van der Waals surface area contributed by atoms with Gasteiger partial charge in [-0.1, -0.05) is 66.7 Å². The topological polar surface area (TPSA) is 9.23 Å². The van der Waals surface area contributed by atoms with E-state index >= 15 is 0 Å². The average molecular weight is 247 g/mol. The molecule has 0 saturated heterocycles. The minimum absolute atomic E-state index is 0.0641. The van der Waals surface area contributed by atoms with Gasteiger partial charge in [-0.2, -0.15) is 0 Å². The molecule has 0 spiro atoms. The fraction of sp³-hybridized carbons (Fsp3) is 0.111. The monoisotopic (exact) mass is 247 g/mol. The Hall–Kier alpha value is -2.12. The summed E-state index contributed by atoms with van der Waals surface area (Å²) in [4.78, 5) is 0. The van der Waals surface area contributed by atoms with Crippen molar-refractivity contribution in [2.45, 2.75) is 6.10 Å². The Morgan fingerprint density at radius 1 is 0.842 bits per heavy atom. The maximum Gasteiger partial charge on any atom is 0.108 e. The predicted octanol–water partition coefficient (Wildman–Crippen LogP) is 4.38. The van der Waals surface area contributed by atoms with Crippen LogP contribution in [0.25, 0.3) is 10.8 Å². The van der Waals surface area contributed by atoms with Gasteiger partial charge in [0.25, 0.3) is 0 Å². The molecule has 3 aromatic rings. The summed E-state index contributed by atoms with van der Waals surface area (Å²) in [5.74, 6) is 0. The zero-order valence-corrected chi connectivity index (χ0v) is 10.8. The molecule has 93 valence electrons. The van der Waals surface area contributed by atoms with Gasteiger partial charge >= 0.3 is 0 Å². The Kier molecular flexibility index (Phi) is 3.30. The van der Waals surface area contributed by atoms with Gasteiger partial charge in [0, 0.05) is 7.11 Å². The molecule has 0 saturated carbocycles. The number of benzene rings is 3. The highest BCUT2D eigenvalue weighted by Crippen LogP contribution is 2.27. The van der Waals surface area contributed by atoms with E-state index < -0.39 is 0 Å². The molecule has 0 heterocycles. The molecule has 0 aromatic heterocycles. The minimum Gasteiger partial charge on any atom is -0.372 e. The molecule has 1 heteroatoms. The van der Waals surface area contributed by atoms with Crippen LogP contribution in [0.4, 0.5) is 0 Å². The van der Waals surface area contributed by atoms with Gasteiger partial charge in [-0.05, 0) is 28.0 Å². The van der Waals surface area contributed by atoms with Gasteiger partial charge < -0.3 is 4.74 Å². The molecule has 19 heavy (non-hydrogen) atoms. The first-order chi connectivity index (χ1) is 9.38.